The third kappa shape index (κ3) is 5.09. The summed E-state index contributed by atoms with van der Waals surface area (Å²) >= 11 is 8.89. The van der Waals surface area contributed by atoms with Crippen molar-refractivity contribution in [1.29, 1.82) is 21.0 Å². The van der Waals surface area contributed by atoms with Crippen molar-refractivity contribution in [3.05, 3.63) is 91.5 Å². The van der Waals surface area contributed by atoms with Gasteiger partial charge in [0.2, 0.25) is 0 Å². The van der Waals surface area contributed by atoms with Gasteiger partial charge in [0.05, 0.1) is 35.4 Å². The van der Waals surface area contributed by atoms with E-state index < -0.39 is 11.1 Å². The van der Waals surface area contributed by atoms with Gasteiger partial charge in [-0.1, -0.05) is 24.3 Å². The Morgan fingerprint density at radius 3 is 1.17 bits per heavy atom. The van der Waals surface area contributed by atoms with E-state index in [9.17, 15) is 30.6 Å². The van der Waals surface area contributed by atoms with Gasteiger partial charge in [-0.05, 0) is 35.4 Å². The summed E-state index contributed by atoms with van der Waals surface area (Å²) in [7, 11) is 2.99. The number of benzene rings is 2. The van der Waals surface area contributed by atoms with Gasteiger partial charge in [-0.15, -0.1) is 25.3 Å². The maximum atomic E-state index is 13.5. The molecule has 12 heteroatoms. The summed E-state index contributed by atoms with van der Waals surface area (Å²) in [4.78, 5) is 26.9. The van der Waals surface area contributed by atoms with E-state index in [1.165, 1.54) is 14.2 Å². The Hall–Kier alpha value is -5.40. The normalized spacial score (nSPS) is 10.2. The molecule has 0 spiro atoms. The highest BCUT2D eigenvalue weighted by molar-refractivity contribution is 7.80. The summed E-state index contributed by atoms with van der Waals surface area (Å²) in [5.41, 5.74) is -0.878. The van der Waals surface area contributed by atoms with E-state index in [0.29, 0.717) is 22.6 Å². The number of hydrogen-bond acceptors (Lipinski definition) is 10. The highest BCUT2D eigenvalue weighted by Gasteiger charge is 2.24. The van der Waals surface area contributed by atoms with Gasteiger partial charge < -0.3 is 9.47 Å². The lowest BCUT2D eigenvalue weighted by Gasteiger charge is -2.18. The lowest BCUT2D eigenvalue weighted by atomic mass is 9.97. The van der Waals surface area contributed by atoms with Crippen LogP contribution in [-0.2, 0) is 13.1 Å². The minimum Gasteiger partial charge on any atom is -0.497 e. The van der Waals surface area contributed by atoms with Crippen molar-refractivity contribution in [2.75, 3.05) is 14.2 Å². The summed E-state index contributed by atoms with van der Waals surface area (Å²) < 4.78 is 12.5. The van der Waals surface area contributed by atoms with Crippen LogP contribution < -0.4 is 20.6 Å². The Morgan fingerprint density at radius 2 is 0.905 bits per heavy atom. The number of aromatic nitrogens is 2. The first-order valence-corrected chi connectivity index (χ1v) is 13.0. The molecule has 0 aliphatic heterocycles. The average Bonchev–Trinajstić information content (AvgIpc) is 3.02. The number of pyridine rings is 2. The zero-order chi connectivity index (χ0) is 30.6. The molecule has 0 N–H and O–H groups in total. The van der Waals surface area contributed by atoms with E-state index in [0.717, 1.165) is 9.13 Å². The summed E-state index contributed by atoms with van der Waals surface area (Å²) in [6.45, 7) is -0.427. The van der Waals surface area contributed by atoms with Gasteiger partial charge in [-0.25, -0.2) is 0 Å². The van der Waals surface area contributed by atoms with E-state index in [1.54, 1.807) is 48.5 Å². The molecule has 4 aromatic rings. The number of ether oxygens (including phenoxy) is 2. The molecule has 2 aromatic heterocycles. The Bertz CT molecular complexity index is 1860. The number of hydrogen-bond donors (Lipinski definition) is 2. The Balaban J connectivity index is 1.85. The van der Waals surface area contributed by atoms with Gasteiger partial charge in [0, 0.05) is 24.2 Å². The van der Waals surface area contributed by atoms with Crippen LogP contribution >= 0.6 is 25.3 Å². The van der Waals surface area contributed by atoms with Gasteiger partial charge >= 0.3 is 0 Å². The quantitative estimate of drug-likeness (QED) is 0.303. The number of methoxy groups -OCH3 is 2. The Labute approximate surface area is 251 Å². The smallest absolute Gasteiger partial charge is 0.270 e. The van der Waals surface area contributed by atoms with Crippen molar-refractivity contribution in [3.8, 4) is 58.0 Å². The van der Waals surface area contributed by atoms with Crippen molar-refractivity contribution in [3.63, 3.8) is 0 Å². The van der Waals surface area contributed by atoms with Gasteiger partial charge in [0.1, 0.15) is 46.9 Å². The molecule has 0 saturated carbocycles. The standard InChI is InChI=1S/C30H20N6O4S2/c1-39-19-7-3-17(4-8-19)25-21(13-31)27(37)35(29(41)23(25)15-33)11-12-36-28(38)22(14-32)26(24(16-34)30(36)42)18-5-9-20(40-2)10-6-18/h3-10,41-42H,11-12H2,1-2H3. The lowest BCUT2D eigenvalue weighted by Crippen LogP contribution is -2.32. The number of nitriles is 4. The molecule has 0 atom stereocenters. The summed E-state index contributed by atoms with van der Waals surface area (Å²) in [5.74, 6) is 1.10. The third-order valence-electron chi connectivity index (χ3n) is 6.63. The summed E-state index contributed by atoms with van der Waals surface area (Å²) in [6, 6.07) is 20.9. The highest BCUT2D eigenvalue weighted by atomic mass is 32.1. The molecule has 42 heavy (non-hydrogen) atoms. The maximum Gasteiger partial charge on any atom is 0.270 e. The molecule has 0 radical (unpaired) electrons. The van der Waals surface area contributed by atoms with Gasteiger partial charge in [-0.3, -0.25) is 18.7 Å². The zero-order valence-electron chi connectivity index (χ0n) is 22.2. The van der Waals surface area contributed by atoms with Crippen molar-refractivity contribution in [1.82, 2.24) is 9.13 Å². The molecule has 0 unspecified atom stereocenters. The van der Waals surface area contributed by atoms with E-state index in [4.69, 9.17) is 9.47 Å². The van der Waals surface area contributed by atoms with Gasteiger partial charge in [0.25, 0.3) is 11.1 Å². The second-order valence-corrected chi connectivity index (χ2v) is 9.56. The fraction of sp³-hybridized carbons (Fsp3) is 0.133. The molecule has 0 amide bonds. The molecule has 2 heterocycles. The van der Waals surface area contributed by atoms with Gasteiger partial charge in [-0.2, -0.15) is 21.0 Å². The van der Waals surface area contributed by atoms with E-state index in [2.05, 4.69) is 25.3 Å². The van der Waals surface area contributed by atoms with Crippen molar-refractivity contribution < 1.29 is 9.47 Å². The largest absolute Gasteiger partial charge is 0.497 e. The van der Waals surface area contributed by atoms with E-state index in [1.807, 2.05) is 24.3 Å². The van der Waals surface area contributed by atoms with E-state index >= 15 is 0 Å². The fourth-order valence-electron chi connectivity index (χ4n) is 4.55. The van der Waals surface area contributed by atoms with Crippen LogP contribution in [0.3, 0.4) is 0 Å². The first-order valence-electron chi connectivity index (χ1n) is 12.1. The molecule has 2 aromatic carbocycles. The van der Waals surface area contributed by atoms with Gasteiger partial charge in [0.15, 0.2) is 0 Å². The van der Waals surface area contributed by atoms with Crippen LogP contribution in [-0.4, -0.2) is 23.4 Å². The third-order valence-corrected chi connectivity index (χ3v) is 7.56. The van der Waals surface area contributed by atoms with Crippen molar-refractivity contribution in [2.45, 2.75) is 23.1 Å². The zero-order valence-corrected chi connectivity index (χ0v) is 24.0. The van der Waals surface area contributed by atoms with Crippen molar-refractivity contribution in [2.24, 2.45) is 0 Å². The SMILES string of the molecule is COc1ccc(-c2c(C#N)c(S)n(CCn3c(S)c(C#N)c(-c4ccc(OC)cc4)c(C#N)c3=O)c(=O)c2C#N)cc1. The molecule has 10 nitrogen and oxygen atoms in total. The highest BCUT2D eigenvalue weighted by Crippen LogP contribution is 2.32. The van der Waals surface area contributed by atoms with E-state index in [-0.39, 0.29) is 56.5 Å². The van der Waals surface area contributed by atoms with Crippen LogP contribution in [0.15, 0.2) is 68.2 Å². The minimum absolute atomic E-state index is 0.0108. The predicted molar refractivity (Wildman–Crippen MR) is 159 cm³/mol. The number of nitrogens with zero attached hydrogens (tertiary/aromatic N) is 6. The fourth-order valence-corrected chi connectivity index (χ4v) is 5.25. The molecule has 0 saturated heterocycles. The van der Waals surface area contributed by atoms with Crippen LogP contribution in [0.1, 0.15) is 22.3 Å². The topological polar surface area (TPSA) is 158 Å². The second-order valence-electron chi connectivity index (χ2n) is 8.72. The maximum absolute atomic E-state index is 13.5. The minimum atomic E-state index is -0.725. The number of thiol groups is 2. The lowest BCUT2D eigenvalue weighted by molar-refractivity contribution is 0.415. The molecule has 0 aliphatic carbocycles. The van der Waals surface area contributed by atoms with Crippen LogP contribution in [0.4, 0.5) is 0 Å². The van der Waals surface area contributed by atoms with Crippen LogP contribution in [0.2, 0.25) is 0 Å². The molecule has 0 aliphatic rings. The monoisotopic (exact) mass is 592 g/mol. The molecular formula is C30H20N6O4S2. The first kappa shape index (κ1) is 29.6. The van der Waals surface area contributed by atoms with Crippen molar-refractivity contribution >= 4 is 25.3 Å². The van der Waals surface area contributed by atoms with Crippen LogP contribution in [0.25, 0.3) is 22.3 Å². The summed E-state index contributed by atoms with van der Waals surface area (Å²) in [6.07, 6.45) is 0. The van der Waals surface area contributed by atoms with Crippen LogP contribution in [0, 0.1) is 45.3 Å². The number of rotatable bonds is 7. The summed E-state index contributed by atoms with van der Waals surface area (Å²) in [5, 5.41) is 39.7. The Kier molecular flexibility index (Phi) is 8.74. The molecule has 4 rings (SSSR count). The molecule has 0 fully saturated rings. The molecular weight excluding hydrogens is 573 g/mol. The average molecular weight is 593 g/mol. The second kappa shape index (κ2) is 12.4. The predicted octanol–water partition coefficient (Wildman–Crippen LogP) is 4.13. The Morgan fingerprint density at radius 1 is 0.595 bits per heavy atom. The molecule has 206 valence electrons. The van der Waals surface area contributed by atoms with Crippen LogP contribution in [0.5, 0.6) is 11.5 Å². The molecule has 0 bridgehead atoms. The first-order chi connectivity index (χ1) is 20.3.